The Hall–Kier alpha value is 0.140. The lowest BCUT2D eigenvalue weighted by Gasteiger charge is -2.29. The summed E-state index contributed by atoms with van der Waals surface area (Å²) in [7, 11) is 0. The quantitative estimate of drug-likeness (QED) is 0.641. The summed E-state index contributed by atoms with van der Waals surface area (Å²) in [5.74, 6) is 1.25. The van der Waals surface area contributed by atoms with Crippen molar-refractivity contribution in [3.63, 3.8) is 0 Å². The summed E-state index contributed by atoms with van der Waals surface area (Å²) in [6, 6.07) is 4.85. The number of benzene rings is 1. The van der Waals surface area contributed by atoms with Crippen LogP contribution < -0.4 is 5.32 Å². The molecule has 0 aliphatic heterocycles. The molecule has 3 heteroatoms. The fourth-order valence-corrected chi connectivity index (χ4v) is 3.23. The predicted molar refractivity (Wildman–Crippen MR) is 91.6 cm³/mol. The van der Waals surface area contributed by atoms with Gasteiger partial charge in [-0.3, -0.25) is 0 Å². The van der Waals surface area contributed by atoms with E-state index in [9.17, 15) is 0 Å². The van der Waals surface area contributed by atoms with Crippen LogP contribution in [0.4, 0.5) is 0 Å². The molecule has 19 heavy (non-hydrogen) atoms. The summed E-state index contributed by atoms with van der Waals surface area (Å²) in [5, 5.41) is 3.70. The highest BCUT2D eigenvalue weighted by Crippen LogP contribution is 2.35. The van der Waals surface area contributed by atoms with E-state index in [-0.39, 0.29) is 0 Å². The van der Waals surface area contributed by atoms with Crippen LogP contribution in [0.5, 0.6) is 0 Å². The zero-order chi connectivity index (χ0) is 14.6. The highest BCUT2D eigenvalue weighted by atomic mass is 79.9. The van der Waals surface area contributed by atoms with Crippen molar-refractivity contribution in [3.8, 4) is 0 Å². The van der Waals surface area contributed by atoms with Gasteiger partial charge in [0.2, 0.25) is 0 Å². The summed E-state index contributed by atoms with van der Waals surface area (Å²) >= 11 is 7.38. The van der Waals surface area contributed by atoms with Gasteiger partial charge < -0.3 is 5.32 Å². The summed E-state index contributed by atoms with van der Waals surface area (Å²) in [6.45, 7) is 12.3. The molecule has 1 rings (SSSR count). The molecular weight excluding hydrogens is 366 g/mol. The number of aryl methyl sites for hydroxylation is 1. The van der Waals surface area contributed by atoms with Crippen molar-refractivity contribution in [2.75, 3.05) is 6.54 Å². The van der Waals surface area contributed by atoms with Crippen LogP contribution >= 0.6 is 31.9 Å². The van der Waals surface area contributed by atoms with Gasteiger partial charge in [-0.15, -0.1) is 0 Å². The van der Waals surface area contributed by atoms with Gasteiger partial charge in [0.25, 0.3) is 0 Å². The molecule has 0 fully saturated rings. The van der Waals surface area contributed by atoms with Gasteiger partial charge in [0.05, 0.1) is 0 Å². The third-order valence-corrected chi connectivity index (χ3v) is 5.35. The van der Waals surface area contributed by atoms with Gasteiger partial charge >= 0.3 is 0 Å². The minimum absolute atomic E-state index is 0.395. The van der Waals surface area contributed by atoms with E-state index in [1.165, 1.54) is 20.1 Å². The molecule has 2 atom stereocenters. The van der Waals surface area contributed by atoms with Gasteiger partial charge in [0, 0.05) is 15.0 Å². The highest BCUT2D eigenvalue weighted by Gasteiger charge is 2.23. The van der Waals surface area contributed by atoms with Crippen LogP contribution in [0.2, 0.25) is 0 Å². The topological polar surface area (TPSA) is 12.0 Å². The van der Waals surface area contributed by atoms with E-state index < -0.39 is 0 Å². The van der Waals surface area contributed by atoms with Crippen molar-refractivity contribution in [1.82, 2.24) is 5.32 Å². The van der Waals surface area contributed by atoms with Gasteiger partial charge in [0.1, 0.15) is 0 Å². The molecule has 0 spiro atoms. The molecule has 0 radical (unpaired) electrons. The van der Waals surface area contributed by atoms with Gasteiger partial charge in [0.15, 0.2) is 0 Å². The van der Waals surface area contributed by atoms with Gasteiger partial charge in [-0.05, 0) is 55.0 Å². The zero-order valence-corrected chi connectivity index (χ0v) is 15.7. The van der Waals surface area contributed by atoms with E-state index in [4.69, 9.17) is 0 Å². The van der Waals surface area contributed by atoms with Crippen molar-refractivity contribution in [3.05, 3.63) is 32.2 Å². The molecule has 1 aromatic carbocycles. The SMILES string of the molecule is CCCNC(c1cc(Br)c(C)cc1Br)C(C)C(C)C. The summed E-state index contributed by atoms with van der Waals surface area (Å²) in [5.41, 5.74) is 2.62. The van der Waals surface area contributed by atoms with E-state index in [1.807, 2.05) is 0 Å². The van der Waals surface area contributed by atoms with Crippen LogP contribution in [0.1, 0.15) is 51.3 Å². The Labute approximate surface area is 134 Å². The average molecular weight is 391 g/mol. The van der Waals surface area contributed by atoms with Crippen molar-refractivity contribution in [1.29, 1.82) is 0 Å². The molecule has 0 aromatic heterocycles. The van der Waals surface area contributed by atoms with E-state index in [0.717, 1.165) is 13.0 Å². The van der Waals surface area contributed by atoms with Crippen LogP contribution in [0.15, 0.2) is 21.1 Å². The average Bonchev–Trinajstić information content (AvgIpc) is 2.35. The molecule has 0 heterocycles. The highest BCUT2D eigenvalue weighted by molar-refractivity contribution is 9.11. The molecule has 1 N–H and O–H groups in total. The Morgan fingerprint density at radius 3 is 2.26 bits per heavy atom. The Morgan fingerprint density at radius 2 is 1.74 bits per heavy atom. The van der Waals surface area contributed by atoms with E-state index >= 15 is 0 Å². The maximum Gasteiger partial charge on any atom is 0.0360 e. The Morgan fingerprint density at radius 1 is 1.11 bits per heavy atom. The summed E-state index contributed by atoms with van der Waals surface area (Å²) < 4.78 is 2.39. The third-order valence-electron chi connectivity index (χ3n) is 3.80. The van der Waals surface area contributed by atoms with Gasteiger partial charge in [-0.1, -0.05) is 59.6 Å². The molecule has 0 bridgehead atoms. The van der Waals surface area contributed by atoms with Crippen LogP contribution in [0.3, 0.4) is 0 Å². The molecule has 1 aromatic rings. The van der Waals surface area contributed by atoms with E-state index in [2.05, 4.69) is 83.9 Å². The van der Waals surface area contributed by atoms with Crippen molar-refractivity contribution in [2.24, 2.45) is 11.8 Å². The largest absolute Gasteiger partial charge is 0.310 e. The smallest absolute Gasteiger partial charge is 0.0360 e. The maximum atomic E-state index is 3.73. The lowest BCUT2D eigenvalue weighted by Crippen LogP contribution is -2.30. The number of nitrogens with one attached hydrogen (secondary N) is 1. The lowest BCUT2D eigenvalue weighted by molar-refractivity contribution is 0.303. The molecule has 108 valence electrons. The van der Waals surface area contributed by atoms with Gasteiger partial charge in [-0.25, -0.2) is 0 Å². The van der Waals surface area contributed by atoms with Crippen LogP contribution in [0, 0.1) is 18.8 Å². The predicted octanol–water partition coefficient (Wildman–Crippen LogP) is 5.85. The number of hydrogen-bond acceptors (Lipinski definition) is 1. The first-order chi connectivity index (χ1) is 8.88. The Kier molecular flexibility index (Phi) is 7.06. The van der Waals surface area contributed by atoms with Crippen LogP contribution in [0.25, 0.3) is 0 Å². The first-order valence-corrected chi connectivity index (χ1v) is 8.66. The lowest BCUT2D eigenvalue weighted by atomic mass is 9.85. The first-order valence-electron chi connectivity index (χ1n) is 7.07. The minimum Gasteiger partial charge on any atom is -0.310 e. The van der Waals surface area contributed by atoms with Crippen molar-refractivity contribution in [2.45, 2.75) is 47.1 Å². The number of rotatable bonds is 6. The second-order valence-corrected chi connectivity index (χ2v) is 7.37. The molecule has 0 aliphatic carbocycles. The number of halogens is 2. The molecule has 0 saturated carbocycles. The molecular formula is C16H25Br2N. The molecule has 0 aliphatic rings. The standard InChI is InChI=1S/C16H25Br2N/c1-6-7-19-16(12(5)10(2)3)13-9-14(17)11(4)8-15(13)18/h8-10,12,16,19H,6-7H2,1-5H3. The van der Waals surface area contributed by atoms with Crippen LogP contribution in [-0.4, -0.2) is 6.54 Å². The van der Waals surface area contributed by atoms with E-state index in [0.29, 0.717) is 17.9 Å². The van der Waals surface area contributed by atoms with Crippen molar-refractivity contribution >= 4 is 31.9 Å². The summed E-state index contributed by atoms with van der Waals surface area (Å²) in [6.07, 6.45) is 1.16. The minimum atomic E-state index is 0.395. The molecule has 2 unspecified atom stereocenters. The monoisotopic (exact) mass is 389 g/mol. The second-order valence-electron chi connectivity index (χ2n) is 5.66. The molecule has 1 nitrogen and oxygen atoms in total. The molecule has 0 saturated heterocycles. The normalized spacial score (nSPS) is 14.7. The Balaban J connectivity index is 3.13. The van der Waals surface area contributed by atoms with Gasteiger partial charge in [-0.2, -0.15) is 0 Å². The fourth-order valence-electron chi connectivity index (χ4n) is 2.16. The molecule has 0 amide bonds. The first kappa shape index (κ1) is 17.2. The zero-order valence-electron chi connectivity index (χ0n) is 12.6. The number of hydrogen-bond donors (Lipinski definition) is 1. The third kappa shape index (κ3) is 4.57. The van der Waals surface area contributed by atoms with E-state index in [1.54, 1.807) is 0 Å². The Bertz CT molecular complexity index is 415. The maximum absolute atomic E-state index is 3.73. The van der Waals surface area contributed by atoms with Crippen molar-refractivity contribution < 1.29 is 0 Å². The summed E-state index contributed by atoms with van der Waals surface area (Å²) in [4.78, 5) is 0. The second kappa shape index (κ2) is 7.80. The van der Waals surface area contributed by atoms with Crippen LogP contribution in [-0.2, 0) is 0 Å². The fraction of sp³-hybridized carbons (Fsp3) is 0.625.